The van der Waals surface area contributed by atoms with E-state index in [0.29, 0.717) is 27.2 Å². The zero-order chi connectivity index (χ0) is 22.6. The van der Waals surface area contributed by atoms with Crippen LogP contribution in [-0.2, 0) is 14.8 Å². The summed E-state index contributed by atoms with van der Waals surface area (Å²) in [5.74, 6) is -0.00437. The van der Waals surface area contributed by atoms with Gasteiger partial charge in [-0.1, -0.05) is 35.3 Å². The molecule has 9 heteroatoms. The van der Waals surface area contributed by atoms with E-state index in [0.717, 1.165) is 11.1 Å². The molecule has 31 heavy (non-hydrogen) atoms. The van der Waals surface area contributed by atoms with Gasteiger partial charge in [0.2, 0.25) is 0 Å². The van der Waals surface area contributed by atoms with Crippen LogP contribution in [-0.4, -0.2) is 20.9 Å². The van der Waals surface area contributed by atoms with Crippen molar-refractivity contribution in [1.82, 2.24) is 0 Å². The first-order valence-electron chi connectivity index (χ1n) is 9.22. The third kappa shape index (κ3) is 6.13. The number of benzene rings is 3. The van der Waals surface area contributed by atoms with Crippen LogP contribution in [0, 0.1) is 13.8 Å². The molecule has 0 bridgehead atoms. The summed E-state index contributed by atoms with van der Waals surface area (Å²) < 4.78 is 33.1. The van der Waals surface area contributed by atoms with E-state index in [1.54, 1.807) is 36.4 Å². The van der Waals surface area contributed by atoms with Crippen molar-refractivity contribution in [3.63, 3.8) is 0 Å². The van der Waals surface area contributed by atoms with Crippen LogP contribution < -0.4 is 14.8 Å². The van der Waals surface area contributed by atoms with Crippen LogP contribution in [0.4, 0.5) is 11.4 Å². The monoisotopic (exact) mass is 478 g/mol. The van der Waals surface area contributed by atoms with Crippen LogP contribution in [0.3, 0.4) is 0 Å². The zero-order valence-electron chi connectivity index (χ0n) is 16.8. The van der Waals surface area contributed by atoms with E-state index >= 15 is 0 Å². The summed E-state index contributed by atoms with van der Waals surface area (Å²) in [5, 5.41) is 3.71. The van der Waals surface area contributed by atoms with Crippen molar-refractivity contribution in [2.24, 2.45) is 0 Å². The fourth-order valence-corrected chi connectivity index (χ4v) is 4.05. The molecule has 3 rings (SSSR count). The first kappa shape index (κ1) is 22.9. The molecule has 0 unspecified atom stereocenters. The third-order valence-corrected chi connectivity index (χ3v) is 6.44. The molecule has 2 N–H and O–H groups in total. The summed E-state index contributed by atoms with van der Waals surface area (Å²) in [4.78, 5) is 12.2. The van der Waals surface area contributed by atoms with Gasteiger partial charge in [0.05, 0.1) is 10.6 Å². The number of hydrogen-bond acceptors (Lipinski definition) is 4. The highest BCUT2D eigenvalue weighted by Crippen LogP contribution is 2.24. The molecular weight excluding hydrogens is 459 g/mol. The minimum Gasteiger partial charge on any atom is -0.484 e. The van der Waals surface area contributed by atoms with E-state index in [1.807, 2.05) is 13.8 Å². The van der Waals surface area contributed by atoms with Crippen molar-refractivity contribution < 1.29 is 17.9 Å². The molecule has 0 aliphatic carbocycles. The highest BCUT2D eigenvalue weighted by atomic mass is 35.5. The number of nitrogens with one attached hydrogen (secondary N) is 2. The number of sulfonamides is 1. The van der Waals surface area contributed by atoms with E-state index in [9.17, 15) is 13.2 Å². The van der Waals surface area contributed by atoms with Crippen LogP contribution >= 0.6 is 23.2 Å². The maximum absolute atomic E-state index is 12.6. The molecule has 1 amide bonds. The SMILES string of the molecule is Cc1ccc(NS(=O)(=O)c2ccc(OCC(=O)Nc3cc(Cl)ccc3C)cc2)cc1Cl. The Bertz CT molecular complexity index is 1210. The maximum Gasteiger partial charge on any atom is 0.262 e. The normalized spacial score (nSPS) is 11.1. The number of rotatable bonds is 7. The van der Waals surface area contributed by atoms with Crippen LogP contribution in [0.15, 0.2) is 65.6 Å². The number of carbonyl (C=O) groups excluding carboxylic acids is 1. The maximum atomic E-state index is 12.6. The van der Waals surface area contributed by atoms with Crippen LogP contribution in [0.5, 0.6) is 5.75 Å². The predicted octanol–water partition coefficient (Wildman–Crippen LogP) is 5.43. The minimum absolute atomic E-state index is 0.0514. The van der Waals surface area contributed by atoms with Gasteiger partial charge in [0.25, 0.3) is 15.9 Å². The molecule has 0 aromatic heterocycles. The summed E-state index contributed by atoms with van der Waals surface area (Å²) in [6.07, 6.45) is 0. The number of ether oxygens (including phenoxy) is 1. The molecule has 3 aromatic carbocycles. The molecule has 3 aromatic rings. The van der Waals surface area contributed by atoms with Crippen molar-refractivity contribution in [3.8, 4) is 5.75 Å². The lowest BCUT2D eigenvalue weighted by Crippen LogP contribution is -2.20. The third-order valence-electron chi connectivity index (χ3n) is 4.40. The van der Waals surface area contributed by atoms with Gasteiger partial charge >= 0.3 is 0 Å². The van der Waals surface area contributed by atoms with Crippen LogP contribution in [0.25, 0.3) is 0 Å². The molecular formula is C22H20Cl2N2O4S. The van der Waals surface area contributed by atoms with Crippen molar-refractivity contribution >= 4 is 50.5 Å². The smallest absolute Gasteiger partial charge is 0.262 e. The molecule has 0 heterocycles. The Labute approximate surface area is 191 Å². The number of aryl methyl sites for hydroxylation is 2. The average molecular weight is 479 g/mol. The molecule has 162 valence electrons. The Morgan fingerprint density at radius 3 is 2.29 bits per heavy atom. The van der Waals surface area contributed by atoms with Gasteiger partial charge in [-0.25, -0.2) is 8.42 Å². The molecule has 0 saturated carbocycles. The zero-order valence-corrected chi connectivity index (χ0v) is 19.1. The summed E-state index contributed by atoms with van der Waals surface area (Å²) >= 11 is 12.0. The average Bonchev–Trinajstić information content (AvgIpc) is 2.72. The van der Waals surface area contributed by atoms with Gasteiger partial charge in [0.1, 0.15) is 5.75 Å². The van der Waals surface area contributed by atoms with Gasteiger partial charge in [0.15, 0.2) is 6.61 Å². The lowest BCUT2D eigenvalue weighted by atomic mass is 10.2. The second-order valence-corrected chi connectivity index (χ2v) is 9.36. The van der Waals surface area contributed by atoms with Gasteiger partial charge in [-0.3, -0.25) is 9.52 Å². The number of hydrogen-bond donors (Lipinski definition) is 2. The summed E-state index contributed by atoms with van der Waals surface area (Å²) in [6.45, 7) is 3.44. The minimum atomic E-state index is -3.80. The van der Waals surface area contributed by atoms with Crippen molar-refractivity contribution in [2.45, 2.75) is 18.7 Å². The van der Waals surface area contributed by atoms with Crippen LogP contribution in [0.1, 0.15) is 11.1 Å². The fraction of sp³-hybridized carbons (Fsp3) is 0.136. The molecule has 6 nitrogen and oxygen atoms in total. The predicted molar refractivity (Wildman–Crippen MR) is 124 cm³/mol. The fourth-order valence-electron chi connectivity index (χ4n) is 2.65. The van der Waals surface area contributed by atoms with Gasteiger partial charge < -0.3 is 10.1 Å². The quantitative estimate of drug-likeness (QED) is 0.474. The summed E-state index contributed by atoms with van der Waals surface area (Å²) in [7, 11) is -3.80. The first-order valence-corrected chi connectivity index (χ1v) is 11.5. The van der Waals surface area contributed by atoms with E-state index in [1.165, 1.54) is 24.3 Å². The van der Waals surface area contributed by atoms with Crippen molar-refractivity contribution in [1.29, 1.82) is 0 Å². The molecule has 0 atom stereocenters. The number of anilines is 2. The standard InChI is InChI=1S/C22H20Cl2N2O4S/c1-14-4-6-17(12-20(14)24)26-31(28,29)19-9-7-18(8-10-19)30-13-22(27)25-21-11-16(23)5-3-15(21)2/h3-12,26H,13H2,1-2H3,(H,25,27). The second-order valence-electron chi connectivity index (χ2n) is 6.84. The molecule has 0 aliphatic rings. The number of amides is 1. The summed E-state index contributed by atoms with van der Waals surface area (Å²) in [5.41, 5.74) is 2.68. The Morgan fingerprint density at radius 2 is 1.61 bits per heavy atom. The molecule has 0 fully saturated rings. The second kappa shape index (κ2) is 9.60. The largest absolute Gasteiger partial charge is 0.484 e. The van der Waals surface area contributed by atoms with Crippen molar-refractivity contribution in [3.05, 3.63) is 81.8 Å². The number of halogens is 2. The Balaban J connectivity index is 1.60. The highest BCUT2D eigenvalue weighted by molar-refractivity contribution is 7.92. The van der Waals surface area contributed by atoms with Gasteiger partial charge in [-0.05, 0) is 73.5 Å². The first-order chi connectivity index (χ1) is 14.6. The molecule has 0 saturated heterocycles. The van der Waals surface area contributed by atoms with E-state index in [2.05, 4.69) is 10.0 Å². The van der Waals surface area contributed by atoms with Crippen molar-refractivity contribution in [2.75, 3.05) is 16.6 Å². The van der Waals surface area contributed by atoms with Gasteiger partial charge in [-0.15, -0.1) is 0 Å². The van der Waals surface area contributed by atoms with E-state index in [4.69, 9.17) is 27.9 Å². The van der Waals surface area contributed by atoms with Crippen LogP contribution in [0.2, 0.25) is 10.0 Å². The lowest BCUT2D eigenvalue weighted by molar-refractivity contribution is -0.118. The Hall–Kier alpha value is -2.74. The summed E-state index contributed by atoms with van der Waals surface area (Å²) in [6, 6.07) is 15.9. The number of carbonyl (C=O) groups is 1. The molecule has 0 spiro atoms. The van der Waals surface area contributed by atoms with Gasteiger partial charge in [0, 0.05) is 15.7 Å². The molecule has 0 aliphatic heterocycles. The topological polar surface area (TPSA) is 84.5 Å². The van der Waals surface area contributed by atoms with E-state index < -0.39 is 10.0 Å². The van der Waals surface area contributed by atoms with Gasteiger partial charge in [-0.2, -0.15) is 0 Å². The Kier molecular flexibility index (Phi) is 7.10. The van der Waals surface area contributed by atoms with E-state index in [-0.39, 0.29) is 17.4 Å². The lowest BCUT2D eigenvalue weighted by Gasteiger charge is -2.11. The highest BCUT2D eigenvalue weighted by Gasteiger charge is 2.15. The molecule has 0 radical (unpaired) electrons. The Morgan fingerprint density at radius 1 is 0.935 bits per heavy atom.